The molecule has 3 aliphatic rings. The van der Waals surface area contributed by atoms with Crippen molar-refractivity contribution in [1.29, 1.82) is 0 Å². The third kappa shape index (κ3) is 13.6. The highest BCUT2D eigenvalue weighted by Crippen LogP contribution is 2.15. The Kier molecular flexibility index (Phi) is 15.0. The van der Waals surface area contributed by atoms with Gasteiger partial charge < -0.3 is 29.3 Å². The zero-order valence-corrected chi connectivity index (χ0v) is 21.3. The van der Waals surface area contributed by atoms with Crippen LogP contribution in [0.4, 0.5) is 0 Å². The Morgan fingerprint density at radius 2 is 1.18 bits per heavy atom. The molecule has 9 nitrogen and oxygen atoms in total. The molecule has 0 saturated carbocycles. The van der Waals surface area contributed by atoms with Crippen LogP contribution in [-0.4, -0.2) is 99.9 Å². The lowest BCUT2D eigenvalue weighted by atomic mass is 10.00. The van der Waals surface area contributed by atoms with E-state index < -0.39 is 0 Å². The van der Waals surface area contributed by atoms with Crippen LogP contribution in [0.5, 0.6) is 0 Å². The maximum atomic E-state index is 10.9. The molecule has 0 spiro atoms. The van der Waals surface area contributed by atoms with E-state index >= 15 is 0 Å². The van der Waals surface area contributed by atoms with Crippen LogP contribution in [0.25, 0.3) is 0 Å². The molecule has 3 fully saturated rings. The summed E-state index contributed by atoms with van der Waals surface area (Å²) in [5, 5.41) is 2.86. The van der Waals surface area contributed by atoms with Gasteiger partial charge in [-0.25, -0.2) is 0 Å². The van der Waals surface area contributed by atoms with E-state index in [1.54, 1.807) is 25.7 Å². The molecule has 3 aliphatic heterocycles. The second-order valence-corrected chi connectivity index (χ2v) is 9.02. The summed E-state index contributed by atoms with van der Waals surface area (Å²) in [4.78, 5) is 36.0. The molecule has 3 rings (SSSR count). The Balaban J connectivity index is 0.000000249. The van der Waals surface area contributed by atoms with Crippen LogP contribution >= 0.6 is 0 Å². The van der Waals surface area contributed by atoms with Gasteiger partial charge in [0.15, 0.2) is 0 Å². The molecule has 0 bridgehead atoms. The van der Waals surface area contributed by atoms with Crippen molar-refractivity contribution in [2.75, 3.05) is 60.3 Å². The first-order chi connectivity index (χ1) is 15.7. The fourth-order valence-corrected chi connectivity index (χ4v) is 3.90. The molecule has 33 heavy (non-hydrogen) atoms. The Hall–Kier alpha value is -1.71. The third-order valence-corrected chi connectivity index (χ3v) is 6.27. The lowest BCUT2D eigenvalue weighted by molar-refractivity contribution is -0.131. The Bertz CT molecular complexity index is 571. The first kappa shape index (κ1) is 29.3. The van der Waals surface area contributed by atoms with Gasteiger partial charge in [-0.1, -0.05) is 0 Å². The Morgan fingerprint density at radius 1 is 0.727 bits per heavy atom. The van der Waals surface area contributed by atoms with Gasteiger partial charge in [0.25, 0.3) is 0 Å². The number of nitrogens with zero attached hydrogens (tertiary/aromatic N) is 2. The van der Waals surface area contributed by atoms with Gasteiger partial charge in [-0.2, -0.15) is 0 Å². The van der Waals surface area contributed by atoms with E-state index in [0.29, 0.717) is 18.0 Å². The highest BCUT2D eigenvalue weighted by atomic mass is 16.5. The van der Waals surface area contributed by atoms with Crippen molar-refractivity contribution in [2.24, 2.45) is 5.92 Å². The van der Waals surface area contributed by atoms with E-state index in [1.807, 2.05) is 19.0 Å². The summed E-state index contributed by atoms with van der Waals surface area (Å²) < 4.78 is 15.6. The van der Waals surface area contributed by atoms with Gasteiger partial charge >= 0.3 is 0 Å². The van der Waals surface area contributed by atoms with Crippen molar-refractivity contribution >= 4 is 17.7 Å². The number of carbonyl (C=O) groups excluding carboxylic acids is 3. The van der Waals surface area contributed by atoms with Crippen LogP contribution in [0.1, 0.15) is 59.3 Å². The molecular formula is C24H45N3O6. The van der Waals surface area contributed by atoms with Crippen molar-refractivity contribution in [3.8, 4) is 0 Å². The normalized spacial score (nSPS) is 19.8. The minimum atomic E-state index is 0.0619. The quantitative estimate of drug-likeness (QED) is 0.672. The molecule has 3 amide bonds. The van der Waals surface area contributed by atoms with Crippen molar-refractivity contribution in [1.82, 2.24) is 15.1 Å². The molecule has 0 aromatic rings. The molecule has 1 N–H and O–H groups in total. The van der Waals surface area contributed by atoms with Crippen LogP contribution in [0.2, 0.25) is 0 Å². The van der Waals surface area contributed by atoms with Crippen LogP contribution in [-0.2, 0) is 28.6 Å². The number of hydrogen-bond donors (Lipinski definition) is 1. The summed E-state index contributed by atoms with van der Waals surface area (Å²) in [6.45, 7) is 10.5. The largest absolute Gasteiger partial charge is 0.381 e. The predicted octanol–water partition coefficient (Wildman–Crippen LogP) is 1.84. The summed E-state index contributed by atoms with van der Waals surface area (Å²) in [6, 6.07) is 0.757. The van der Waals surface area contributed by atoms with Gasteiger partial charge in [0.2, 0.25) is 17.7 Å². The zero-order valence-electron chi connectivity index (χ0n) is 21.3. The van der Waals surface area contributed by atoms with Crippen LogP contribution in [0.15, 0.2) is 0 Å². The van der Waals surface area contributed by atoms with Gasteiger partial charge in [0.05, 0.1) is 0 Å². The van der Waals surface area contributed by atoms with E-state index in [4.69, 9.17) is 14.2 Å². The van der Waals surface area contributed by atoms with E-state index in [9.17, 15) is 14.4 Å². The summed E-state index contributed by atoms with van der Waals surface area (Å²) in [6.07, 6.45) is 6.07. The van der Waals surface area contributed by atoms with Gasteiger partial charge in [-0.05, 0) is 44.4 Å². The molecule has 0 aromatic heterocycles. The van der Waals surface area contributed by atoms with Gasteiger partial charge in [-0.3, -0.25) is 14.4 Å². The summed E-state index contributed by atoms with van der Waals surface area (Å²) in [7, 11) is 3.72. The average molecular weight is 472 g/mol. The predicted molar refractivity (Wildman–Crippen MR) is 127 cm³/mol. The first-order valence-electron chi connectivity index (χ1n) is 12.2. The van der Waals surface area contributed by atoms with E-state index in [0.717, 1.165) is 84.7 Å². The fourth-order valence-electron chi connectivity index (χ4n) is 3.90. The average Bonchev–Trinajstić information content (AvgIpc) is 2.81. The second kappa shape index (κ2) is 16.8. The van der Waals surface area contributed by atoms with Gasteiger partial charge in [0, 0.05) is 93.1 Å². The molecule has 9 heteroatoms. The molecule has 0 atom stereocenters. The Labute approximate surface area is 199 Å². The fraction of sp³-hybridized carbons (Fsp3) is 0.875. The number of hydrogen-bond acceptors (Lipinski definition) is 6. The lowest BCUT2D eigenvalue weighted by Crippen LogP contribution is -2.39. The topological polar surface area (TPSA) is 97.4 Å². The van der Waals surface area contributed by atoms with Gasteiger partial charge in [-0.15, -0.1) is 0 Å². The molecule has 0 aliphatic carbocycles. The smallest absolute Gasteiger partial charge is 0.219 e. The molecule has 192 valence electrons. The van der Waals surface area contributed by atoms with E-state index in [1.165, 1.54) is 0 Å². The monoisotopic (exact) mass is 471 g/mol. The molecule has 0 aromatic carbocycles. The minimum Gasteiger partial charge on any atom is -0.381 e. The number of nitrogens with one attached hydrogen (secondary N) is 1. The van der Waals surface area contributed by atoms with Crippen LogP contribution < -0.4 is 5.32 Å². The van der Waals surface area contributed by atoms with Crippen molar-refractivity contribution in [2.45, 2.75) is 71.4 Å². The highest BCUT2D eigenvalue weighted by Gasteiger charge is 2.19. The van der Waals surface area contributed by atoms with E-state index in [-0.39, 0.29) is 17.7 Å². The number of rotatable bonds is 4. The maximum absolute atomic E-state index is 10.9. The summed E-state index contributed by atoms with van der Waals surface area (Å²) in [5.74, 6) is 1.01. The first-order valence-corrected chi connectivity index (χ1v) is 12.2. The highest BCUT2D eigenvalue weighted by molar-refractivity contribution is 5.73. The number of ether oxygens (including phenoxy) is 3. The van der Waals surface area contributed by atoms with Crippen LogP contribution in [0, 0.1) is 5.92 Å². The molecule has 0 unspecified atom stereocenters. The lowest BCUT2D eigenvalue weighted by Gasteiger charge is -2.30. The molecule has 3 saturated heterocycles. The standard InChI is InChI=1S/C9H17NO2.C8H15NO2.C7H13NO2/c1-8(11)10(2)7-9-3-5-12-6-4-9;1-7(10)9(2)8-3-5-11-6-4-8;1-6(9)8-7-2-4-10-5-3-7/h9H,3-7H2,1-2H3;8H,3-6H2,1-2H3;7H,2-5H2,1H3,(H,8,9). The molecule has 3 heterocycles. The maximum Gasteiger partial charge on any atom is 0.219 e. The van der Waals surface area contributed by atoms with Gasteiger partial charge in [0.1, 0.15) is 0 Å². The third-order valence-electron chi connectivity index (χ3n) is 6.27. The number of amides is 3. The molecular weight excluding hydrogens is 426 g/mol. The van der Waals surface area contributed by atoms with E-state index in [2.05, 4.69) is 5.32 Å². The summed E-state index contributed by atoms with van der Waals surface area (Å²) >= 11 is 0. The Morgan fingerprint density at radius 3 is 1.61 bits per heavy atom. The second-order valence-electron chi connectivity index (χ2n) is 9.02. The van der Waals surface area contributed by atoms with Crippen LogP contribution in [0.3, 0.4) is 0 Å². The zero-order chi connectivity index (χ0) is 24.6. The number of carbonyl (C=O) groups is 3. The van der Waals surface area contributed by atoms with Crippen molar-refractivity contribution in [3.05, 3.63) is 0 Å². The van der Waals surface area contributed by atoms with Crippen molar-refractivity contribution < 1.29 is 28.6 Å². The molecule has 0 radical (unpaired) electrons. The minimum absolute atomic E-state index is 0.0619. The SMILES string of the molecule is CC(=O)N(C)C1CCOCC1.CC(=O)N(C)CC1CCOCC1.CC(=O)NC1CCOCC1. The summed E-state index contributed by atoms with van der Waals surface area (Å²) in [5.41, 5.74) is 0. The van der Waals surface area contributed by atoms with Crippen molar-refractivity contribution in [3.63, 3.8) is 0 Å².